The lowest BCUT2D eigenvalue weighted by atomic mass is 10.0. The number of nitrogens with one attached hydrogen (secondary N) is 1. The Kier molecular flexibility index (Phi) is 8.24. The molecule has 1 heterocycles. The van der Waals surface area contributed by atoms with Crippen LogP contribution in [0.1, 0.15) is 36.8 Å². The van der Waals surface area contributed by atoms with Gasteiger partial charge in [0, 0.05) is 0 Å². The van der Waals surface area contributed by atoms with Gasteiger partial charge in [-0.05, 0) is 36.6 Å². The van der Waals surface area contributed by atoms with Crippen LogP contribution in [0, 0.1) is 17.2 Å². The van der Waals surface area contributed by atoms with Gasteiger partial charge in [0.05, 0.1) is 37.3 Å². The van der Waals surface area contributed by atoms with Gasteiger partial charge in [-0.3, -0.25) is 4.79 Å². The smallest absolute Gasteiger partial charge is 0.240 e. The Morgan fingerprint density at radius 1 is 1.15 bits per heavy atom. The van der Waals surface area contributed by atoms with Crippen LogP contribution in [0.2, 0.25) is 0 Å². The van der Waals surface area contributed by atoms with Crippen LogP contribution in [0.3, 0.4) is 0 Å². The summed E-state index contributed by atoms with van der Waals surface area (Å²) in [5.74, 6) is -0.372. The van der Waals surface area contributed by atoms with E-state index < -0.39 is 11.6 Å². The van der Waals surface area contributed by atoms with Gasteiger partial charge in [0.15, 0.2) is 5.82 Å². The number of amides is 1. The fourth-order valence-electron chi connectivity index (χ4n) is 3.11. The molecule has 0 radical (unpaired) electrons. The maximum atomic E-state index is 12.5. The number of aromatic nitrogens is 4. The van der Waals surface area contributed by atoms with Gasteiger partial charge in [-0.25, -0.2) is 0 Å². The van der Waals surface area contributed by atoms with Crippen molar-refractivity contribution >= 4 is 5.91 Å². The van der Waals surface area contributed by atoms with Gasteiger partial charge in [0.1, 0.15) is 6.04 Å². The lowest BCUT2D eigenvalue weighted by Crippen LogP contribution is -2.50. The third-order valence-corrected chi connectivity index (χ3v) is 4.96. The van der Waals surface area contributed by atoms with Crippen LogP contribution >= 0.6 is 0 Å². The van der Waals surface area contributed by atoms with Crippen molar-refractivity contribution in [3.05, 3.63) is 77.6 Å². The fraction of sp³-hybridized carbons (Fsp3) is 0.375. The van der Waals surface area contributed by atoms with Crippen molar-refractivity contribution in [2.24, 2.45) is 11.7 Å². The second kappa shape index (κ2) is 11.3. The Morgan fingerprint density at radius 2 is 1.79 bits per heavy atom. The highest BCUT2D eigenvalue weighted by molar-refractivity contribution is 5.85. The van der Waals surface area contributed by atoms with Crippen molar-refractivity contribution in [3.8, 4) is 6.07 Å². The lowest BCUT2D eigenvalue weighted by Gasteiger charge is -2.22. The van der Waals surface area contributed by atoms with E-state index in [-0.39, 0.29) is 25.0 Å². The van der Waals surface area contributed by atoms with Crippen LogP contribution in [0.5, 0.6) is 0 Å². The highest BCUT2D eigenvalue weighted by Gasteiger charge is 2.28. The van der Waals surface area contributed by atoms with E-state index in [0.717, 1.165) is 11.1 Å². The Hall–Kier alpha value is -3.61. The van der Waals surface area contributed by atoms with Crippen molar-refractivity contribution in [2.45, 2.75) is 45.0 Å². The van der Waals surface area contributed by atoms with Crippen LogP contribution in [0.4, 0.5) is 0 Å². The van der Waals surface area contributed by atoms with Gasteiger partial charge in [0.2, 0.25) is 5.91 Å². The number of nitrogens with zero attached hydrogens (tertiary/aromatic N) is 5. The molecule has 0 fully saturated rings. The number of nitrogens with two attached hydrogens (primary N) is 1. The molecule has 2 aromatic carbocycles. The van der Waals surface area contributed by atoms with Gasteiger partial charge < -0.3 is 15.8 Å². The molecule has 0 saturated heterocycles. The molecule has 3 N–H and O–H groups in total. The van der Waals surface area contributed by atoms with Gasteiger partial charge >= 0.3 is 0 Å². The van der Waals surface area contributed by atoms with Gasteiger partial charge in [-0.1, -0.05) is 60.7 Å². The Morgan fingerprint density at radius 3 is 2.39 bits per heavy atom. The maximum absolute atomic E-state index is 12.5. The number of nitriles is 1. The standard InChI is InChI=1S/C24H29N7O2/c1-24(2,26)23(32)27-21(17-33-16-19-11-7-4-8-12-19)22-28-30-31(29-22)15-20(14-25)13-18-9-5-3-6-10-18/h3-12,20-21H,13,15-17,26H2,1-2H3,(H,27,32)/t20?,21-/m1/s1. The predicted octanol–water partition coefficient (Wildman–Crippen LogP) is 2.17. The first-order chi connectivity index (χ1) is 15.8. The minimum absolute atomic E-state index is 0.147. The van der Waals surface area contributed by atoms with Crippen LogP contribution in [0.25, 0.3) is 0 Å². The number of ether oxygens (including phenoxy) is 1. The number of rotatable bonds is 11. The van der Waals surface area contributed by atoms with Crippen molar-refractivity contribution in [1.29, 1.82) is 5.26 Å². The molecule has 1 unspecified atom stereocenters. The van der Waals surface area contributed by atoms with Crippen LogP contribution in [0.15, 0.2) is 60.7 Å². The van der Waals surface area contributed by atoms with E-state index in [0.29, 0.717) is 18.9 Å². The first kappa shape index (κ1) is 24.0. The summed E-state index contributed by atoms with van der Waals surface area (Å²) in [6, 6.07) is 21.2. The third-order valence-electron chi connectivity index (χ3n) is 4.96. The van der Waals surface area contributed by atoms with Crippen LogP contribution < -0.4 is 11.1 Å². The molecule has 3 rings (SSSR count). The van der Waals surface area contributed by atoms with Crippen molar-refractivity contribution in [2.75, 3.05) is 6.61 Å². The Balaban J connectivity index is 1.67. The molecule has 33 heavy (non-hydrogen) atoms. The molecule has 0 saturated carbocycles. The molecule has 2 atom stereocenters. The summed E-state index contributed by atoms with van der Waals surface area (Å²) < 4.78 is 5.82. The molecule has 9 nitrogen and oxygen atoms in total. The molecule has 0 aliphatic carbocycles. The van der Waals surface area contributed by atoms with Gasteiger partial charge in [-0.15, -0.1) is 10.2 Å². The molecule has 1 amide bonds. The largest absolute Gasteiger partial charge is 0.374 e. The molecule has 0 aliphatic heterocycles. The molecule has 3 aromatic rings. The summed E-state index contributed by atoms with van der Waals surface area (Å²) in [4.78, 5) is 13.9. The topological polar surface area (TPSA) is 132 Å². The molecule has 0 aliphatic rings. The van der Waals surface area contributed by atoms with Crippen molar-refractivity contribution < 1.29 is 9.53 Å². The average molecular weight is 448 g/mol. The Bertz CT molecular complexity index is 1060. The second-order valence-electron chi connectivity index (χ2n) is 8.47. The summed E-state index contributed by atoms with van der Waals surface area (Å²) in [5, 5.41) is 25.0. The maximum Gasteiger partial charge on any atom is 0.240 e. The predicted molar refractivity (Wildman–Crippen MR) is 122 cm³/mol. The van der Waals surface area contributed by atoms with E-state index >= 15 is 0 Å². The zero-order chi connectivity index (χ0) is 23.7. The molecular weight excluding hydrogens is 418 g/mol. The minimum atomic E-state index is -1.07. The van der Waals surface area contributed by atoms with E-state index in [1.807, 2.05) is 60.7 Å². The summed E-state index contributed by atoms with van der Waals surface area (Å²) in [6.07, 6.45) is 0.579. The second-order valence-corrected chi connectivity index (χ2v) is 8.47. The first-order valence-corrected chi connectivity index (χ1v) is 10.8. The number of benzene rings is 2. The van der Waals surface area contributed by atoms with E-state index in [1.165, 1.54) is 4.80 Å². The Labute approximate surface area is 193 Å². The van der Waals surface area contributed by atoms with Gasteiger partial charge in [-0.2, -0.15) is 10.1 Å². The molecule has 0 spiro atoms. The summed E-state index contributed by atoms with van der Waals surface area (Å²) in [5.41, 5.74) is 6.94. The number of carbonyl (C=O) groups excluding carboxylic acids is 1. The SMILES string of the molecule is CC(C)(N)C(=O)N[C@H](COCc1ccccc1)c1nnn(CC(C#N)Cc2ccccc2)n1. The van der Waals surface area contributed by atoms with Crippen LogP contribution in [-0.2, 0) is 29.1 Å². The average Bonchev–Trinajstić information content (AvgIpc) is 3.27. The number of tetrazole rings is 1. The quantitative estimate of drug-likeness (QED) is 0.460. The van der Waals surface area contributed by atoms with Crippen molar-refractivity contribution in [1.82, 2.24) is 25.5 Å². The van der Waals surface area contributed by atoms with Crippen molar-refractivity contribution in [3.63, 3.8) is 0 Å². The highest BCUT2D eigenvalue weighted by Crippen LogP contribution is 2.13. The normalized spacial score (nSPS) is 13.2. The number of hydrogen-bond acceptors (Lipinski definition) is 7. The molecular formula is C24H29N7O2. The molecule has 172 valence electrons. The first-order valence-electron chi connectivity index (χ1n) is 10.8. The number of hydrogen-bond donors (Lipinski definition) is 2. The zero-order valence-electron chi connectivity index (χ0n) is 18.9. The molecule has 1 aromatic heterocycles. The summed E-state index contributed by atoms with van der Waals surface area (Å²) in [7, 11) is 0. The van der Waals surface area contributed by atoms with Crippen LogP contribution in [-0.4, -0.2) is 38.3 Å². The highest BCUT2D eigenvalue weighted by atomic mass is 16.5. The summed E-state index contributed by atoms with van der Waals surface area (Å²) in [6.45, 7) is 4.05. The lowest BCUT2D eigenvalue weighted by molar-refractivity contribution is -0.126. The number of carbonyl (C=O) groups is 1. The third kappa shape index (κ3) is 7.49. The minimum Gasteiger partial charge on any atom is -0.374 e. The fourth-order valence-corrected chi connectivity index (χ4v) is 3.11. The summed E-state index contributed by atoms with van der Waals surface area (Å²) >= 11 is 0. The zero-order valence-corrected chi connectivity index (χ0v) is 18.9. The molecule has 0 bridgehead atoms. The monoisotopic (exact) mass is 447 g/mol. The van der Waals surface area contributed by atoms with E-state index in [9.17, 15) is 10.1 Å². The van der Waals surface area contributed by atoms with E-state index in [4.69, 9.17) is 10.5 Å². The van der Waals surface area contributed by atoms with E-state index in [1.54, 1.807) is 13.8 Å². The van der Waals surface area contributed by atoms with Gasteiger partial charge in [0.25, 0.3) is 0 Å². The molecule has 9 heteroatoms. The van der Waals surface area contributed by atoms with E-state index in [2.05, 4.69) is 26.8 Å².